The minimum absolute atomic E-state index is 0.207. The second kappa shape index (κ2) is 7.37. The summed E-state index contributed by atoms with van der Waals surface area (Å²) < 4.78 is 14.6. The van der Waals surface area contributed by atoms with Crippen LogP contribution in [-0.2, 0) is 0 Å². The Morgan fingerprint density at radius 3 is 2.61 bits per heavy atom. The fourth-order valence-corrected chi connectivity index (χ4v) is 2.41. The Hall–Kier alpha value is -2.21. The predicted octanol–water partition coefficient (Wildman–Crippen LogP) is 2.46. The molecule has 0 aliphatic rings. The van der Waals surface area contributed by atoms with Crippen molar-refractivity contribution in [2.24, 2.45) is 5.92 Å². The predicted molar refractivity (Wildman–Crippen MR) is 86.1 cm³/mol. The lowest BCUT2D eigenvalue weighted by atomic mass is 10.1. The Morgan fingerprint density at radius 2 is 2.00 bits per heavy atom. The summed E-state index contributed by atoms with van der Waals surface area (Å²) in [5, 5.41) is 16.7. The number of aliphatic hydroxyl groups is 1. The molecule has 2 rings (SSSR count). The van der Waals surface area contributed by atoms with Crippen molar-refractivity contribution in [1.82, 2.24) is 15.1 Å². The van der Waals surface area contributed by atoms with Crippen LogP contribution in [0.5, 0.6) is 0 Å². The summed E-state index contributed by atoms with van der Waals surface area (Å²) in [6.07, 6.45) is 1.54. The fraction of sp³-hybridized carbons (Fsp3) is 0.412. The summed E-state index contributed by atoms with van der Waals surface area (Å²) in [5.41, 5.74) is 1.78. The van der Waals surface area contributed by atoms with E-state index in [1.54, 1.807) is 23.7 Å². The Bertz CT molecular complexity index is 665. The first kappa shape index (κ1) is 17.1. The summed E-state index contributed by atoms with van der Waals surface area (Å²) >= 11 is 0. The molecule has 0 aliphatic heterocycles. The van der Waals surface area contributed by atoms with Gasteiger partial charge in [-0.05, 0) is 43.5 Å². The highest BCUT2D eigenvalue weighted by Gasteiger charge is 2.16. The van der Waals surface area contributed by atoms with Gasteiger partial charge in [-0.3, -0.25) is 4.79 Å². The number of halogens is 1. The highest BCUT2D eigenvalue weighted by atomic mass is 19.1. The molecule has 0 saturated carbocycles. The third-order valence-corrected chi connectivity index (χ3v) is 3.57. The Morgan fingerprint density at radius 1 is 1.35 bits per heavy atom. The minimum atomic E-state index is -0.564. The third-order valence-electron chi connectivity index (χ3n) is 3.57. The van der Waals surface area contributed by atoms with Crippen molar-refractivity contribution in [2.75, 3.05) is 6.54 Å². The summed E-state index contributed by atoms with van der Waals surface area (Å²) in [5.74, 6) is -0.237. The molecule has 0 radical (unpaired) electrons. The van der Waals surface area contributed by atoms with Gasteiger partial charge in [-0.25, -0.2) is 9.07 Å². The van der Waals surface area contributed by atoms with Gasteiger partial charge in [-0.1, -0.05) is 13.8 Å². The molecule has 5 nitrogen and oxygen atoms in total. The first-order chi connectivity index (χ1) is 10.9. The van der Waals surface area contributed by atoms with Gasteiger partial charge in [0.05, 0.1) is 29.2 Å². The van der Waals surface area contributed by atoms with Crippen molar-refractivity contribution in [2.45, 2.75) is 33.3 Å². The largest absolute Gasteiger partial charge is 0.391 e. The lowest BCUT2D eigenvalue weighted by Crippen LogP contribution is -2.33. The Balaban J connectivity index is 2.06. The Labute approximate surface area is 135 Å². The number of aliphatic hydroxyl groups excluding tert-OH is 1. The van der Waals surface area contributed by atoms with Gasteiger partial charge >= 0.3 is 0 Å². The molecule has 2 N–H and O–H groups in total. The molecular formula is C17H22FN3O2. The maximum Gasteiger partial charge on any atom is 0.254 e. The molecule has 1 atom stereocenters. The Kier molecular flexibility index (Phi) is 5.50. The van der Waals surface area contributed by atoms with Crippen LogP contribution in [0.3, 0.4) is 0 Å². The molecule has 1 amide bonds. The van der Waals surface area contributed by atoms with E-state index < -0.39 is 6.10 Å². The average Bonchev–Trinajstić information content (AvgIpc) is 2.87. The van der Waals surface area contributed by atoms with Crippen molar-refractivity contribution < 1.29 is 14.3 Å². The number of nitrogens with zero attached hydrogens (tertiary/aromatic N) is 2. The van der Waals surface area contributed by atoms with Crippen LogP contribution < -0.4 is 5.32 Å². The van der Waals surface area contributed by atoms with Gasteiger partial charge in [0.15, 0.2) is 0 Å². The molecule has 0 aliphatic carbocycles. The van der Waals surface area contributed by atoms with Gasteiger partial charge in [0.1, 0.15) is 5.82 Å². The quantitative estimate of drug-likeness (QED) is 0.859. The van der Waals surface area contributed by atoms with E-state index in [2.05, 4.69) is 10.4 Å². The number of benzene rings is 1. The van der Waals surface area contributed by atoms with Crippen molar-refractivity contribution in [3.8, 4) is 5.69 Å². The molecule has 1 aromatic carbocycles. The molecule has 6 heteroatoms. The normalized spacial score (nSPS) is 12.4. The van der Waals surface area contributed by atoms with Crippen molar-refractivity contribution >= 4 is 5.91 Å². The third kappa shape index (κ3) is 4.39. The molecule has 0 fully saturated rings. The van der Waals surface area contributed by atoms with E-state index >= 15 is 0 Å². The van der Waals surface area contributed by atoms with Crippen LogP contribution in [0.2, 0.25) is 0 Å². The SMILES string of the molecule is Cc1c(C(=O)NCC(O)CC(C)C)cnn1-c1ccc(F)cc1. The van der Waals surface area contributed by atoms with E-state index in [0.717, 1.165) is 0 Å². The number of carbonyl (C=O) groups excluding carboxylic acids is 1. The summed E-state index contributed by atoms with van der Waals surface area (Å²) in [6, 6.07) is 5.89. The topological polar surface area (TPSA) is 67.2 Å². The van der Waals surface area contributed by atoms with E-state index in [0.29, 0.717) is 29.3 Å². The summed E-state index contributed by atoms with van der Waals surface area (Å²) in [6.45, 7) is 6.01. The van der Waals surface area contributed by atoms with E-state index in [4.69, 9.17) is 0 Å². The van der Waals surface area contributed by atoms with Crippen LogP contribution in [-0.4, -0.2) is 33.4 Å². The highest BCUT2D eigenvalue weighted by Crippen LogP contribution is 2.15. The molecule has 1 aromatic heterocycles. The zero-order valence-electron chi connectivity index (χ0n) is 13.6. The van der Waals surface area contributed by atoms with E-state index in [1.807, 2.05) is 13.8 Å². The monoisotopic (exact) mass is 319 g/mol. The fourth-order valence-electron chi connectivity index (χ4n) is 2.41. The molecule has 0 spiro atoms. The van der Waals surface area contributed by atoms with Gasteiger partial charge in [0.25, 0.3) is 5.91 Å². The zero-order chi connectivity index (χ0) is 17.0. The lowest BCUT2D eigenvalue weighted by Gasteiger charge is -2.13. The molecule has 2 aromatic rings. The maximum atomic E-state index is 13.0. The van der Waals surface area contributed by atoms with E-state index in [1.165, 1.54) is 18.3 Å². The van der Waals surface area contributed by atoms with Crippen molar-refractivity contribution in [1.29, 1.82) is 0 Å². The van der Waals surface area contributed by atoms with Gasteiger partial charge in [-0.2, -0.15) is 5.10 Å². The van der Waals surface area contributed by atoms with Crippen LogP contribution in [0.1, 0.15) is 36.3 Å². The van der Waals surface area contributed by atoms with E-state index in [9.17, 15) is 14.3 Å². The summed E-state index contributed by atoms with van der Waals surface area (Å²) in [4.78, 5) is 12.2. The van der Waals surface area contributed by atoms with E-state index in [-0.39, 0.29) is 18.3 Å². The molecule has 1 unspecified atom stereocenters. The molecular weight excluding hydrogens is 297 g/mol. The van der Waals surface area contributed by atoms with Crippen LogP contribution in [0.4, 0.5) is 4.39 Å². The van der Waals surface area contributed by atoms with Crippen molar-refractivity contribution in [3.05, 3.63) is 47.5 Å². The van der Waals surface area contributed by atoms with Gasteiger partial charge in [0, 0.05) is 6.54 Å². The first-order valence-corrected chi connectivity index (χ1v) is 7.65. The average molecular weight is 319 g/mol. The zero-order valence-corrected chi connectivity index (χ0v) is 13.6. The first-order valence-electron chi connectivity index (χ1n) is 7.65. The number of rotatable bonds is 6. The van der Waals surface area contributed by atoms with Crippen LogP contribution in [0.15, 0.2) is 30.5 Å². The standard InChI is InChI=1S/C17H22FN3O2/c1-11(2)8-15(22)9-19-17(23)16-10-20-21(12(16)3)14-6-4-13(18)5-7-14/h4-7,10-11,15,22H,8-9H2,1-3H3,(H,19,23). The number of nitrogens with one attached hydrogen (secondary N) is 1. The smallest absolute Gasteiger partial charge is 0.254 e. The highest BCUT2D eigenvalue weighted by molar-refractivity contribution is 5.95. The molecule has 1 heterocycles. The van der Waals surface area contributed by atoms with Crippen LogP contribution in [0, 0.1) is 18.7 Å². The van der Waals surface area contributed by atoms with Crippen LogP contribution >= 0.6 is 0 Å². The lowest BCUT2D eigenvalue weighted by molar-refractivity contribution is 0.0899. The van der Waals surface area contributed by atoms with Gasteiger partial charge < -0.3 is 10.4 Å². The number of carbonyl (C=O) groups is 1. The van der Waals surface area contributed by atoms with Crippen LogP contribution in [0.25, 0.3) is 5.69 Å². The van der Waals surface area contributed by atoms with Gasteiger partial charge in [-0.15, -0.1) is 0 Å². The summed E-state index contributed by atoms with van der Waals surface area (Å²) in [7, 11) is 0. The molecule has 124 valence electrons. The number of aromatic nitrogens is 2. The number of hydrogen-bond acceptors (Lipinski definition) is 3. The second-order valence-electron chi connectivity index (χ2n) is 6.03. The molecule has 0 saturated heterocycles. The minimum Gasteiger partial charge on any atom is -0.391 e. The van der Waals surface area contributed by atoms with Gasteiger partial charge in [0.2, 0.25) is 0 Å². The molecule has 0 bridgehead atoms. The second-order valence-corrected chi connectivity index (χ2v) is 6.03. The number of hydrogen-bond donors (Lipinski definition) is 2. The molecule has 23 heavy (non-hydrogen) atoms. The number of amides is 1. The maximum absolute atomic E-state index is 13.0. The van der Waals surface area contributed by atoms with Crippen molar-refractivity contribution in [3.63, 3.8) is 0 Å².